The molecule has 0 amide bonds. The van der Waals surface area contributed by atoms with E-state index in [0.717, 1.165) is 5.57 Å². The maximum atomic E-state index is 11.0. The first-order chi connectivity index (χ1) is 5.89. The Morgan fingerprint density at radius 1 is 1.77 bits per heavy atom. The van der Waals surface area contributed by atoms with Crippen LogP contribution < -0.4 is 5.73 Å². The quantitative estimate of drug-likeness (QED) is 0.739. The number of rotatable bonds is 1. The van der Waals surface area contributed by atoms with Gasteiger partial charge in [-0.05, 0) is 13.0 Å². The Labute approximate surface area is 85.4 Å². The fourth-order valence-electron chi connectivity index (χ4n) is 1.41. The first-order valence-electron chi connectivity index (χ1n) is 3.97. The van der Waals surface area contributed by atoms with Gasteiger partial charge in [0.25, 0.3) is 0 Å². The van der Waals surface area contributed by atoms with E-state index in [1.54, 1.807) is 13.0 Å². The molecule has 4 heteroatoms. The highest BCUT2D eigenvalue weighted by Crippen LogP contribution is 2.34. The van der Waals surface area contributed by atoms with Crippen LogP contribution in [0.1, 0.15) is 13.8 Å². The van der Waals surface area contributed by atoms with E-state index in [1.165, 1.54) is 0 Å². The van der Waals surface area contributed by atoms with Crippen LogP contribution in [0, 0.1) is 5.92 Å². The number of hydrogen-bond donors (Lipinski definition) is 2. The minimum atomic E-state index is -1.31. The minimum absolute atomic E-state index is 0.204. The zero-order valence-corrected chi connectivity index (χ0v) is 9.13. The van der Waals surface area contributed by atoms with E-state index < -0.39 is 11.5 Å². The molecule has 0 aromatic heterocycles. The summed E-state index contributed by atoms with van der Waals surface area (Å²) in [4.78, 5) is 11.0. The average molecular weight is 246 g/mol. The lowest BCUT2D eigenvalue weighted by Crippen LogP contribution is -2.54. The molecule has 0 spiro atoms. The van der Waals surface area contributed by atoms with Crippen LogP contribution in [0.15, 0.2) is 22.2 Å². The number of hydrogen-bond acceptors (Lipinski definition) is 2. The third-order valence-corrected chi connectivity index (χ3v) is 3.22. The second-order valence-electron chi connectivity index (χ2n) is 3.37. The topological polar surface area (TPSA) is 63.3 Å². The van der Waals surface area contributed by atoms with Crippen molar-refractivity contribution < 1.29 is 9.90 Å². The second-order valence-corrected chi connectivity index (χ2v) is 4.22. The summed E-state index contributed by atoms with van der Waals surface area (Å²) >= 11 is 3.21. The number of allylic oxidation sites excluding steroid dienone is 2. The Balaban J connectivity index is 3.16. The lowest BCUT2D eigenvalue weighted by atomic mass is 9.81. The molecule has 0 radical (unpaired) electrons. The first kappa shape index (κ1) is 10.5. The molecular weight excluding hydrogens is 234 g/mol. The predicted molar refractivity (Wildman–Crippen MR) is 54.5 cm³/mol. The standard InChI is InChI=1S/C9H12BrNO2/c1-5-3-6(2)9(11,8(12)13)7(10)4-5/h3-4,6H,11H2,1-2H3,(H,12,13). The Hall–Kier alpha value is -0.610. The summed E-state index contributed by atoms with van der Waals surface area (Å²) in [7, 11) is 0. The molecule has 3 nitrogen and oxygen atoms in total. The summed E-state index contributed by atoms with van der Waals surface area (Å²) in [5, 5.41) is 9.00. The number of carbonyl (C=O) groups is 1. The van der Waals surface area contributed by atoms with E-state index in [2.05, 4.69) is 15.9 Å². The maximum Gasteiger partial charge on any atom is 0.329 e. The molecule has 2 atom stereocenters. The number of carboxylic acid groups (broad SMARTS) is 1. The van der Waals surface area contributed by atoms with Crippen molar-refractivity contribution in [1.29, 1.82) is 0 Å². The lowest BCUT2D eigenvalue weighted by molar-refractivity contribution is -0.142. The molecule has 0 heterocycles. The molecule has 0 aromatic rings. The molecule has 72 valence electrons. The monoisotopic (exact) mass is 245 g/mol. The highest BCUT2D eigenvalue weighted by atomic mass is 79.9. The normalized spacial score (nSPS) is 33.7. The predicted octanol–water partition coefficient (Wildman–Crippen LogP) is 1.64. The molecule has 0 saturated heterocycles. The van der Waals surface area contributed by atoms with E-state index >= 15 is 0 Å². The number of aliphatic carboxylic acids is 1. The Morgan fingerprint density at radius 2 is 2.31 bits per heavy atom. The van der Waals surface area contributed by atoms with Crippen LogP contribution in [0.3, 0.4) is 0 Å². The van der Waals surface area contributed by atoms with Crippen LogP contribution in [0.5, 0.6) is 0 Å². The van der Waals surface area contributed by atoms with Crippen LogP contribution in [-0.2, 0) is 4.79 Å². The van der Waals surface area contributed by atoms with Crippen molar-refractivity contribution >= 4 is 21.9 Å². The first-order valence-corrected chi connectivity index (χ1v) is 4.76. The largest absolute Gasteiger partial charge is 0.480 e. The molecule has 0 aromatic carbocycles. The lowest BCUT2D eigenvalue weighted by Gasteiger charge is -2.32. The third-order valence-electron chi connectivity index (χ3n) is 2.33. The average Bonchev–Trinajstić information content (AvgIpc) is 1.99. The smallest absolute Gasteiger partial charge is 0.329 e. The van der Waals surface area contributed by atoms with Crippen molar-refractivity contribution in [3.63, 3.8) is 0 Å². The molecule has 0 aliphatic heterocycles. The van der Waals surface area contributed by atoms with Crippen LogP contribution in [0.25, 0.3) is 0 Å². The summed E-state index contributed by atoms with van der Waals surface area (Å²) in [5.41, 5.74) is 5.52. The van der Waals surface area contributed by atoms with E-state index in [4.69, 9.17) is 10.8 Å². The van der Waals surface area contributed by atoms with Gasteiger partial charge in [-0.25, -0.2) is 4.79 Å². The van der Waals surface area contributed by atoms with Crippen molar-refractivity contribution in [2.24, 2.45) is 11.7 Å². The van der Waals surface area contributed by atoms with Crippen LogP contribution in [0.2, 0.25) is 0 Å². The molecule has 0 saturated carbocycles. The fraction of sp³-hybridized carbons (Fsp3) is 0.444. The zero-order valence-electron chi connectivity index (χ0n) is 7.54. The third kappa shape index (κ3) is 1.56. The van der Waals surface area contributed by atoms with E-state index in [9.17, 15) is 4.79 Å². The summed E-state index contributed by atoms with van der Waals surface area (Å²) in [6, 6.07) is 0. The minimum Gasteiger partial charge on any atom is -0.480 e. The van der Waals surface area contributed by atoms with Crippen LogP contribution in [-0.4, -0.2) is 16.6 Å². The van der Waals surface area contributed by atoms with Gasteiger partial charge in [-0.1, -0.05) is 34.5 Å². The second kappa shape index (κ2) is 3.27. The maximum absolute atomic E-state index is 11.0. The number of carboxylic acids is 1. The number of halogens is 1. The van der Waals surface area contributed by atoms with Gasteiger partial charge >= 0.3 is 5.97 Å². The highest BCUT2D eigenvalue weighted by molar-refractivity contribution is 9.11. The molecule has 3 N–H and O–H groups in total. The van der Waals surface area contributed by atoms with E-state index in [-0.39, 0.29) is 5.92 Å². The molecule has 13 heavy (non-hydrogen) atoms. The summed E-state index contributed by atoms with van der Waals surface area (Å²) < 4.78 is 0.528. The molecule has 1 rings (SSSR count). The summed E-state index contributed by atoms with van der Waals surface area (Å²) in [6.07, 6.45) is 3.60. The van der Waals surface area contributed by atoms with Crippen molar-refractivity contribution in [2.45, 2.75) is 19.4 Å². The zero-order chi connectivity index (χ0) is 10.2. The van der Waals surface area contributed by atoms with Crippen molar-refractivity contribution in [3.8, 4) is 0 Å². The molecule has 1 aliphatic carbocycles. The van der Waals surface area contributed by atoms with Gasteiger partial charge < -0.3 is 10.8 Å². The molecule has 0 bridgehead atoms. The van der Waals surface area contributed by atoms with Crippen molar-refractivity contribution in [1.82, 2.24) is 0 Å². The molecule has 2 unspecified atom stereocenters. The van der Waals surface area contributed by atoms with Gasteiger partial charge in [0.05, 0.1) is 0 Å². The SMILES string of the molecule is CC1=CC(C)C(N)(C(=O)O)C(Br)=C1. The molecule has 0 fully saturated rings. The van der Waals surface area contributed by atoms with Gasteiger partial charge in [-0.3, -0.25) is 0 Å². The molecular formula is C9H12BrNO2. The van der Waals surface area contributed by atoms with Crippen molar-refractivity contribution in [2.75, 3.05) is 0 Å². The molecule has 1 aliphatic rings. The number of nitrogens with two attached hydrogens (primary N) is 1. The van der Waals surface area contributed by atoms with Crippen LogP contribution >= 0.6 is 15.9 Å². The van der Waals surface area contributed by atoms with Gasteiger partial charge in [-0.2, -0.15) is 0 Å². The summed E-state index contributed by atoms with van der Waals surface area (Å²) in [5.74, 6) is -1.21. The van der Waals surface area contributed by atoms with E-state index in [1.807, 2.05) is 13.0 Å². The van der Waals surface area contributed by atoms with Gasteiger partial charge in [0.2, 0.25) is 0 Å². The van der Waals surface area contributed by atoms with Gasteiger partial charge in [0.1, 0.15) is 0 Å². The van der Waals surface area contributed by atoms with E-state index in [0.29, 0.717) is 4.48 Å². The Morgan fingerprint density at radius 3 is 2.69 bits per heavy atom. The Kier molecular flexibility index (Phi) is 2.63. The fourth-order valence-corrected chi connectivity index (χ4v) is 2.30. The highest BCUT2D eigenvalue weighted by Gasteiger charge is 2.43. The van der Waals surface area contributed by atoms with Gasteiger partial charge in [0.15, 0.2) is 5.54 Å². The van der Waals surface area contributed by atoms with Crippen molar-refractivity contribution in [3.05, 3.63) is 22.2 Å². The van der Waals surface area contributed by atoms with Gasteiger partial charge in [0, 0.05) is 10.4 Å². The van der Waals surface area contributed by atoms with Gasteiger partial charge in [-0.15, -0.1) is 0 Å². The Bertz CT molecular complexity index is 309. The van der Waals surface area contributed by atoms with Crippen LogP contribution in [0.4, 0.5) is 0 Å². The summed E-state index contributed by atoms with van der Waals surface area (Å²) in [6.45, 7) is 3.71.